The lowest BCUT2D eigenvalue weighted by molar-refractivity contribution is -0.142. The summed E-state index contributed by atoms with van der Waals surface area (Å²) in [6.07, 6.45) is 3.11. The third-order valence-electron chi connectivity index (χ3n) is 2.68. The molecule has 16 heavy (non-hydrogen) atoms. The molecular formula is C13H19NO2. The predicted octanol–water partition coefficient (Wildman–Crippen LogP) is 2.06. The molecular weight excluding hydrogens is 202 g/mol. The summed E-state index contributed by atoms with van der Waals surface area (Å²) in [5, 5.41) is 9.10. The van der Waals surface area contributed by atoms with Crippen LogP contribution in [0.2, 0.25) is 0 Å². The Labute approximate surface area is 96.3 Å². The highest BCUT2D eigenvalue weighted by atomic mass is 16.4. The summed E-state index contributed by atoms with van der Waals surface area (Å²) >= 11 is 0. The first-order valence-electron chi connectivity index (χ1n) is 5.71. The van der Waals surface area contributed by atoms with Crippen molar-refractivity contribution in [2.24, 2.45) is 11.7 Å². The van der Waals surface area contributed by atoms with Crippen LogP contribution in [0.15, 0.2) is 30.3 Å². The highest BCUT2D eigenvalue weighted by Crippen LogP contribution is 2.15. The maximum Gasteiger partial charge on any atom is 0.306 e. The van der Waals surface area contributed by atoms with Gasteiger partial charge in [-0.3, -0.25) is 4.79 Å². The van der Waals surface area contributed by atoms with Crippen LogP contribution in [0, 0.1) is 5.92 Å². The molecule has 1 aromatic carbocycles. The molecule has 0 spiro atoms. The Morgan fingerprint density at radius 1 is 1.25 bits per heavy atom. The Hall–Kier alpha value is -1.35. The van der Waals surface area contributed by atoms with E-state index in [2.05, 4.69) is 0 Å². The van der Waals surface area contributed by atoms with E-state index in [1.807, 2.05) is 30.3 Å². The van der Waals surface area contributed by atoms with Gasteiger partial charge in [0.05, 0.1) is 5.92 Å². The first-order chi connectivity index (χ1) is 7.74. The number of rotatable bonds is 7. The van der Waals surface area contributed by atoms with Crippen LogP contribution in [0.3, 0.4) is 0 Å². The van der Waals surface area contributed by atoms with E-state index >= 15 is 0 Å². The Bertz CT molecular complexity index is 311. The molecule has 0 radical (unpaired) electrons. The average Bonchev–Trinajstić information content (AvgIpc) is 2.29. The molecule has 3 N–H and O–H groups in total. The molecule has 0 saturated carbocycles. The molecule has 0 aliphatic heterocycles. The van der Waals surface area contributed by atoms with E-state index in [0.29, 0.717) is 19.4 Å². The van der Waals surface area contributed by atoms with Crippen LogP contribution in [-0.4, -0.2) is 17.6 Å². The van der Waals surface area contributed by atoms with E-state index < -0.39 is 5.97 Å². The number of hydrogen-bond acceptors (Lipinski definition) is 2. The molecule has 0 bridgehead atoms. The van der Waals surface area contributed by atoms with Crippen LogP contribution in [0.25, 0.3) is 0 Å². The topological polar surface area (TPSA) is 63.3 Å². The minimum atomic E-state index is -0.708. The molecule has 0 fully saturated rings. The summed E-state index contributed by atoms with van der Waals surface area (Å²) in [5.74, 6) is -0.991. The molecule has 0 saturated heterocycles. The number of unbranched alkanes of at least 4 members (excludes halogenated alkanes) is 1. The smallest absolute Gasteiger partial charge is 0.306 e. The van der Waals surface area contributed by atoms with Gasteiger partial charge in [0.15, 0.2) is 0 Å². The summed E-state index contributed by atoms with van der Waals surface area (Å²) in [5.41, 5.74) is 6.48. The van der Waals surface area contributed by atoms with Gasteiger partial charge in [-0.1, -0.05) is 36.8 Å². The van der Waals surface area contributed by atoms with Gasteiger partial charge in [0.25, 0.3) is 0 Å². The van der Waals surface area contributed by atoms with Crippen molar-refractivity contribution in [2.75, 3.05) is 6.54 Å². The standard InChI is InChI=1S/C13H19NO2/c14-9-5-4-8-12(13(15)16)10-11-6-2-1-3-7-11/h1-3,6-7,12H,4-5,8-10,14H2,(H,15,16). The number of benzene rings is 1. The average molecular weight is 221 g/mol. The summed E-state index contributed by atoms with van der Waals surface area (Å²) < 4.78 is 0. The zero-order valence-corrected chi connectivity index (χ0v) is 9.43. The Kier molecular flexibility index (Phi) is 5.57. The normalized spacial score (nSPS) is 12.3. The monoisotopic (exact) mass is 221 g/mol. The largest absolute Gasteiger partial charge is 0.481 e. The summed E-state index contributed by atoms with van der Waals surface area (Å²) in [6, 6.07) is 9.76. The zero-order chi connectivity index (χ0) is 11.8. The number of hydrogen-bond donors (Lipinski definition) is 2. The van der Waals surface area contributed by atoms with Crippen LogP contribution in [0.5, 0.6) is 0 Å². The maximum absolute atomic E-state index is 11.1. The maximum atomic E-state index is 11.1. The van der Waals surface area contributed by atoms with Crippen LogP contribution in [-0.2, 0) is 11.2 Å². The van der Waals surface area contributed by atoms with E-state index in [0.717, 1.165) is 18.4 Å². The van der Waals surface area contributed by atoms with Gasteiger partial charge in [0.2, 0.25) is 0 Å². The van der Waals surface area contributed by atoms with Crippen molar-refractivity contribution in [1.82, 2.24) is 0 Å². The molecule has 0 amide bonds. The first-order valence-corrected chi connectivity index (χ1v) is 5.71. The fourth-order valence-electron chi connectivity index (χ4n) is 1.75. The van der Waals surface area contributed by atoms with Crippen LogP contribution >= 0.6 is 0 Å². The minimum Gasteiger partial charge on any atom is -0.481 e. The summed E-state index contributed by atoms with van der Waals surface area (Å²) in [4.78, 5) is 11.1. The van der Waals surface area contributed by atoms with Crippen molar-refractivity contribution < 1.29 is 9.90 Å². The summed E-state index contributed by atoms with van der Waals surface area (Å²) in [6.45, 7) is 0.637. The Morgan fingerprint density at radius 2 is 1.94 bits per heavy atom. The number of carboxylic acids is 1. The molecule has 3 nitrogen and oxygen atoms in total. The molecule has 1 unspecified atom stereocenters. The van der Waals surface area contributed by atoms with Crippen LogP contribution in [0.4, 0.5) is 0 Å². The van der Waals surface area contributed by atoms with Crippen molar-refractivity contribution in [3.05, 3.63) is 35.9 Å². The molecule has 88 valence electrons. The van der Waals surface area contributed by atoms with Crippen LogP contribution in [0.1, 0.15) is 24.8 Å². The van der Waals surface area contributed by atoms with Crippen molar-refractivity contribution >= 4 is 5.97 Å². The molecule has 3 heteroatoms. The number of carbonyl (C=O) groups is 1. The third-order valence-corrected chi connectivity index (χ3v) is 2.68. The minimum absolute atomic E-state index is 0.283. The quantitative estimate of drug-likeness (QED) is 0.693. The van der Waals surface area contributed by atoms with Crippen molar-refractivity contribution in [2.45, 2.75) is 25.7 Å². The van der Waals surface area contributed by atoms with E-state index in [-0.39, 0.29) is 5.92 Å². The number of nitrogens with two attached hydrogens (primary N) is 1. The summed E-state index contributed by atoms with van der Waals surface area (Å²) in [7, 11) is 0. The van der Waals surface area contributed by atoms with Crippen molar-refractivity contribution in [3.63, 3.8) is 0 Å². The number of carboxylic acid groups (broad SMARTS) is 1. The first kappa shape index (κ1) is 12.7. The SMILES string of the molecule is NCCCCC(Cc1ccccc1)C(=O)O. The number of aliphatic carboxylic acids is 1. The molecule has 0 heterocycles. The highest BCUT2D eigenvalue weighted by Gasteiger charge is 2.16. The van der Waals surface area contributed by atoms with Crippen LogP contribution < -0.4 is 5.73 Å². The van der Waals surface area contributed by atoms with E-state index in [1.54, 1.807) is 0 Å². The van der Waals surface area contributed by atoms with Gasteiger partial charge in [-0.15, -0.1) is 0 Å². The van der Waals surface area contributed by atoms with Gasteiger partial charge in [-0.25, -0.2) is 0 Å². The predicted molar refractivity (Wildman–Crippen MR) is 64.2 cm³/mol. The van der Waals surface area contributed by atoms with Crippen molar-refractivity contribution in [1.29, 1.82) is 0 Å². The highest BCUT2D eigenvalue weighted by molar-refractivity contribution is 5.70. The van der Waals surface area contributed by atoms with Gasteiger partial charge >= 0.3 is 5.97 Å². The van der Waals surface area contributed by atoms with Crippen molar-refractivity contribution in [3.8, 4) is 0 Å². The molecule has 0 aliphatic rings. The van der Waals surface area contributed by atoms with Gasteiger partial charge in [0, 0.05) is 0 Å². The lowest BCUT2D eigenvalue weighted by Crippen LogP contribution is -2.17. The third kappa shape index (κ3) is 4.45. The molecule has 1 aromatic rings. The van der Waals surface area contributed by atoms with Gasteiger partial charge < -0.3 is 10.8 Å². The van der Waals surface area contributed by atoms with E-state index in [1.165, 1.54) is 0 Å². The van der Waals surface area contributed by atoms with Gasteiger partial charge in [-0.05, 0) is 31.4 Å². The lowest BCUT2D eigenvalue weighted by atomic mass is 9.94. The molecule has 0 aliphatic carbocycles. The second-order valence-corrected chi connectivity index (χ2v) is 4.01. The Balaban J connectivity index is 2.48. The molecule has 0 aromatic heterocycles. The molecule has 1 atom stereocenters. The van der Waals surface area contributed by atoms with E-state index in [9.17, 15) is 4.79 Å². The van der Waals surface area contributed by atoms with E-state index in [4.69, 9.17) is 10.8 Å². The fraction of sp³-hybridized carbons (Fsp3) is 0.462. The van der Waals surface area contributed by atoms with Gasteiger partial charge in [0.1, 0.15) is 0 Å². The zero-order valence-electron chi connectivity index (χ0n) is 9.43. The second-order valence-electron chi connectivity index (χ2n) is 4.01. The lowest BCUT2D eigenvalue weighted by Gasteiger charge is -2.11. The van der Waals surface area contributed by atoms with Gasteiger partial charge in [-0.2, -0.15) is 0 Å². The fourth-order valence-corrected chi connectivity index (χ4v) is 1.75. The molecule has 1 rings (SSSR count). The second kappa shape index (κ2) is 7.01. The Morgan fingerprint density at radius 3 is 2.50 bits per heavy atom.